The highest BCUT2D eigenvalue weighted by molar-refractivity contribution is 5.79. The Labute approximate surface area is 198 Å². The molecule has 0 aliphatic rings. The van der Waals surface area contributed by atoms with Crippen LogP contribution in [0.15, 0.2) is 36.5 Å². The summed E-state index contributed by atoms with van der Waals surface area (Å²) >= 11 is 0. The molecule has 0 aromatic carbocycles. The number of rotatable bonds is 21. The van der Waals surface area contributed by atoms with Crippen LogP contribution < -0.4 is 10.6 Å². The number of amides is 2. The van der Waals surface area contributed by atoms with Crippen molar-refractivity contribution in [3.63, 3.8) is 0 Å². The van der Waals surface area contributed by atoms with Gasteiger partial charge < -0.3 is 10.6 Å². The fraction of sp³-hybridized carbons (Fsp3) is 0.714. The fourth-order valence-corrected chi connectivity index (χ4v) is 3.63. The van der Waals surface area contributed by atoms with E-state index in [9.17, 15) is 9.59 Å². The van der Waals surface area contributed by atoms with Gasteiger partial charge in [0.2, 0.25) is 11.8 Å². The second-order valence-corrected chi connectivity index (χ2v) is 8.52. The van der Waals surface area contributed by atoms with E-state index in [0.29, 0.717) is 19.5 Å². The molecule has 4 heteroatoms. The van der Waals surface area contributed by atoms with Gasteiger partial charge in [0.05, 0.1) is 0 Å². The Hall–Kier alpha value is -1.84. The number of carbonyl (C=O) groups excluding carboxylic acids is 2. The molecule has 0 saturated heterocycles. The Morgan fingerprint density at radius 2 is 1.25 bits per heavy atom. The highest BCUT2D eigenvalue weighted by Gasteiger charge is 2.15. The summed E-state index contributed by atoms with van der Waals surface area (Å²) in [6.07, 6.45) is 27.9. The van der Waals surface area contributed by atoms with Gasteiger partial charge in [-0.05, 0) is 51.4 Å². The maximum absolute atomic E-state index is 12.2. The second kappa shape index (κ2) is 23.8. The molecule has 2 amide bonds. The van der Waals surface area contributed by atoms with Crippen molar-refractivity contribution in [2.24, 2.45) is 5.92 Å². The lowest BCUT2D eigenvalue weighted by molar-refractivity contribution is -0.126. The molecule has 0 spiro atoms. The van der Waals surface area contributed by atoms with Crippen LogP contribution in [0.3, 0.4) is 0 Å². The van der Waals surface area contributed by atoms with Gasteiger partial charge in [-0.3, -0.25) is 9.59 Å². The minimum Gasteiger partial charge on any atom is -0.354 e. The Morgan fingerprint density at radius 1 is 0.688 bits per heavy atom. The summed E-state index contributed by atoms with van der Waals surface area (Å²) < 4.78 is 0. The summed E-state index contributed by atoms with van der Waals surface area (Å²) in [5.74, 6) is 0.346. The van der Waals surface area contributed by atoms with Gasteiger partial charge in [-0.2, -0.15) is 0 Å². The summed E-state index contributed by atoms with van der Waals surface area (Å²) in [6.45, 7) is 7.42. The highest BCUT2D eigenvalue weighted by atomic mass is 16.2. The van der Waals surface area contributed by atoms with Crippen molar-refractivity contribution < 1.29 is 9.59 Å². The number of unbranched alkanes of at least 4 members (excludes halogenated alkanes) is 5. The lowest BCUT2D eigenvalue weighted by Crippen LogP contribution is -2.37. The quantitative estimate of drug-likeness (QED) is 0.147. The Bertz CT molecular complexity index is 532. The lowest BCUT2D eigenvalue weighted by atomic mass is 9.97. The summed E-state index contributed by atoms with van der Waals surface area (Å²) in [6, 6.07) is 0. The van der Waals surface area contributed by atoms with Crippen molar-refractivity contribution in [2.75, 3.05) is 13.1 Å². The van der Waals surface area contributed by atoms with Crippen molar-refractivity contribution in [3.8, 4) is 0 Å². The summed E-state index contributed by atoms with van der Waals surface area (Å²) in [5, 5.41) is 5.88. The van der Waals surface area contributed by atoms with Crippen molar-refractivity contribution in [2.45, 2.75) is 111 Å². The molecular formula is C28H50N2O2. The van der Waals surface area contributed by atoms with Gasteiger partial charge in [0.1, 0.15) is 0 Å². The molecule has 0 aliphatic heterocycles. The smallest absolute Gasteiger partial charge is 0.223 e. The van der Waals surface area contributed by atoms with Gasteiger partial charge in [-0.15, -0.1) is 0 Å². The molecule has 0 aromatic heterocycles. The molecule has 32 heavy (non-hydrogen) atoms. The third kappa shape index (κ3) is 20.1. The zero-order chi connectivity index (χ0) is 23.7. The molecule has 0 unspecified atom stereocenters. The second-order valence-electron chi connectivity index (χ2n) is 8.52. The monoisotopic (exact) mass is 446 g/mol. The Balaban J connectivity index is 3.54. The average Bonchev–Trinajstić information content (AvgIpc) is 2.79. The summed E-state index contributed by atoms with van der Waals surface area (Å²) in [5.41, 5.74) is 0. The van der Waals surface area contributed by atoms with Crippen LogP contribution >= 0.6 is 0 Å². The predicted molar refractivity (Wildman–Crippen MR) is 139 cm³/mol. The minimum absolute atomic E-state index is 0.0964. The van der Waals surface area contributed by atoms with Crippen LogP contribution in [-0.2, 0) is 9.59 Å². The van der Waals surface area contributed by atoms with E-state index in [4.69, 9.17) is 0 Å². The van der Waals surface area contributed by atoms with E-state index in [2.05, 4.69) is 67.9 Å². The number of hydrogen-bond donors (Lipinski definition) is 2. The van der Waals surface area contributed by atoms with Crippen LogP contribution in [0.2, 0.25) is 0 Å². The third-order valence-electron chi connectivity index (χ3n) is 5.45. The van der Waals surface area contributed by atoms with Gasteiger partial charge in [0.25, 0.3) is 0 Å². The predicted octanol–water partition coefficient (Wildman–Crippen LogP) is 7.02. The molecule has 0 bridgehead atoms. The van der Waals surface area contributed by atoms with Crippen molar-refractivity contribution in [1.82, 2.24) is 10.6 Å². The minimum atomic E-state index is 0.0964. The van der Waals surface area contributed by atoms with E-state index in [1.165, 1.54) is 19.3 Å². The van der Waals surface area contributed by atoms with Gasteiger partial charge in [0, 0.05) is 25.4 Å². The van der Waals surface area contributed by atoms with Gasteiger partial charge in [-0.25, -0.2) is 0 Å². The molecule has 184 valence electrons. The van der Waals surface area contributed by atoms with Crippen LogP contribution in [0.4, 0.5) is 0 Å². The average molecular weight is 447 g/mol. The van der Waals surface area contributed by atoms with E-state index in [0.717, 1.165) is 64.2 Å². The molecule has 0 saturated carbocycles. The number of hydrogen-bond acceptors (Lipinski definition) is 2. The SMILES string of the molecule is CC/C=C\C/C=C\C/C=C\CCCCCCCC(=O)NCCNC(=O)C(CCC)CCC. The van der Waals surface area contributed by atoms with E-state index < -0.39 is 0 Å². The zero-order valence-electron chi connectivity index (χ0n) is 21.2. The molecule has 2 N–H and O–H groups in total. The van der Waals surface area contributed by atoms with Crippen LogP contribution in [0, 0.1) is 5.92 Å². The molecule has 0 rings (SSSR count). The number of nitrogens with one attached hydrogen (secondary N) is 2. The topological polar surface area (TPSA) is 58.2 Å². The largest absolute Gasteiger partial charge is 0.354 e. The number of carbonyl (C=O) groups is 2. The lowest BCUT2D eigenvalue weighted by Gasteiger charge is -2.15. The zero-order valence-corrected chi connectivity index (χ0v) is 21.2. The van der Waals surface area contributed by atoms with Gasteiger partial charge in [-0.1, -0.05) is 89.3 Å². The normalized spacial score (nSPS) is 11.9. The number of allylic oxidation sites excluding steroid dienone is 6. The summed E-state index contributed by atoms with van der Waals surface area (Å²) in [4.78, 5) is 24.1. The standard InChI is InChI=1S/C28H50N2O2/c1-4-7-8-9-10-11-12-13-14-15-16-17-18-19-20-23-27(31)29-24-25-30-28(32)26(21-5-2)22-6-3/h7-8,10-11,13-14,26H,4-6,9,12,15-25H2,1-3H3,(H,29,31)(H,30,32)/b8-7-,11-10-,14-13-. The molecule has 0 radical (unpaired) electrons. The molecule has 0 aliphatic carbocycles. The van der Waals surface area contributed by atoms with Crippen molar-refractivity contribution in [3.05, 3.63) is 36.5 Å². The first kappa shape index (κ1) is 30.2. The van der Waals surface area contributed by atoms with Crippen LogP contribution in [0.1, 0.15) is 111 Å². The Kier molecular flexibility index (Phi) is 22.4. The maximum atomic E-state index is 12.2. The van der Waals surface area contributed by atoms with E-state index in [1.54, 1.807) is 0 Å². The third-order valence-corrected chi connectivity index (χ3v) is 5.45. The Morgan fingerprint density at radius 3 is 1.91 bits per heavy atom. The molecule has 0 fully saturated rings. The first-order chi connectivity index (χ1) is 15.7. The molecular weight excluding hydrogens is 396 g/mol. The van der Waals surface area contributed by atoms with Crippen molar-refractivity contribution in [1.29, 1.82) is 0 Å². The molecule has 0 aromatic rings. The first-order valence-electron chi connectivity index (χ1n) is 13.1. The van der Waals surface area contributed by atoms with Crippen LogP contribution in [0.5, 0.6) is 0 Å². The van der Waals surface area contributed by atoms with E-state index in [-0.39, 0.29) is 17.7 Å². The highest BCUT2D eigenvalue weighted by Crippen LogP contribution is 2.13. The van der Waals surface area contributed by atoms with Gasteiger partial charge in [0.15, 0.2) is 0 Å². The first-order valence-corrected chi connectivity index (χ1v) is 13.1. The summed E-state index contributed by atoms with van der Waals surface area (Å²) in [7, 11) is 0. The molecule has 0 heterocycles. The molecule has 4 nitrogen and oxygen atoms in total. The maximum Gasteiger partial charge on any atom is 0.223 e. The fourth-order valence-electron chi connectivity index (χ4n) is 3.63. The van der Waals surface area contributed by atoms with Crippen molar-refractivity contribution >= 4 is 11.8 Å². The van der Waals surface area contributed by atoms with E-state index in [1.807, 2.05) is 0 Å². The van der Waals surface area contributed by atoms with E-state index >= 15 is 0 Å². The van der Waals surface area contributed by atoms with Crippen LogP contribution in [0.25, 0.3) is 0 Å². The molecule has 0 atom stereocenters. The van der Waals surface area contributed by atoms with Gasteiger partial charge >= 0.3 is 0 Å². The van der Waals surface area contributed by atoms with Crippen LogP contribution in [-0.4, -0.2) is 24.9 Å².